The molecule has 0 bridgehead atoms. The highest BCUT2D eigenvalue weighted by molar-refractivity contribution is 7.07. The smallest absolute Gasteiger partial charge is 0.0791 e. The van der Waals surface area contributed by atoms with Crippen molar-refractivity contribution in [3.63, 3.8) is 0 Å². The quantitative estimate of drug-likeness (QED) is 0.576. The standard InChI is InChI=1S/C12H10.C3H3NS/c1-3-9-4-2-6-11-8-7-10(5-1)12(9)11;1-2-5-3-4-1/h1-6H,7-8H2;1-3H. The van der Waals surface area contributed by atoms with Crippen LogP contribution in [0.2, 0.25) is 0 Å². The molecule has 0 saturated carbocycles. The largest absolute Gasteiger partial charge is 0.253 e. The van der Waals surface area contributed by atoms with Crippen molar-refractivity contribution in [3.8, 4) is 0 Å². The molecule has 2 heteroatoms. The number of nitrogens with zero attached hydrogens (tertiary/aromatic N) is 1. The van der Waals surface area contributed by atoms with Crippen LogP contribution in [0, 0.1) is 0 Å². The summed E-state index contributed by atoms with van der Waals surface area (Å²) in [6.45, 7) is 0. The Balaban J connectivity index is 0.000000153. The molecule has 0 unspecified atom stereocenters. The summed E-state index contributed by atoms with van der Waals surface area (Å²) in [4.78, 5) is 3.74. The van der Waals surface area contributed by atoms with Gasteiger partial charge in [0.25, 0.3) is 0 Å². The average Bonchev–Trinajstić information content (AvgIpc) is 3.04. The molecule has 1 nitrogen and oxygen atoms in total. The summed E-state index contributed by atoms with van der Waals surface area (Å²) in [7, 11) is 0. The summed E-state index contributed by atoms with van der Waals surface area (Å²) < 4.78 is 0. The summed E-state index contributed by atoms with van der Waals surface area (Å²) in [5.41, 5.74) is 4.85. The number of hydrogen-bond donors (Lipinski definition) is 0. The molecule has 0 N–H and O–H groups in total. The Hall–Kier alpha value is -1.67. The van der Waals surface area contributed by atoms with Crippen molar-refractivity contribution < 1.29 is 0 Å². The van der Waals surface area contributed by atoms with Gasteiger partial charge in [0.2, 0.25) is 0 Å². The predicted octanol–water partition coefficient (Wildman–Crippen LogP) is 4.08. The average molecular weight is 239 g/mol. The van der Waals surface area contributed by atoms with Crippen LogP contribution in [0.5, 0.6) is 0 Å². The van der Waals surface area contributed by atoms with Crippen LogP contribution in [0.15, 0.2) is 53.5 Å². The van der Waals surface area contributed by atoms with E-state index >= 15 is 0 Å². The van der Waals surface area contributed by atoms with Crippen molar-refractivity contribution in [2.75, 3.05) is 0 Å². The monoisotopic (exact) mass is 239 g/mol. The van der Waals surface area contributed by atoms with Crippen LogP contribution in [0.25, 0.3) is 10.8 Å². The molecule has 0 fully saturated rings. The highest BCUT2D eigenvalue weighted by Gasteiger charge is 2.11. The van der Waals surface area contributed by atoms with Crippen LogP contribution < -0.4 is 0 Å². The Kier molecular flexibility index (Phi) is 2.88. The second kappa shape index (κ2) is 4.68. The zero-order chi connectivity index (χ0) is 11.5. The molecule has 2 aromatic carbocycles. The van der Waals surface area contributed by atoms with Crippen LogP contribution in [0.4, 0.5) is 0 Å². The lowest BCUT2D eigenvalue weighted by Gasteiger charge is -1.99. The van der Waals surface area contributed by atoms with Gasteiger partial charge in [-0.15, -0.1) is 11.3 Å². The van der Waals surface area contributed by atoms with E-state index < -0.39 is 0 Å². The zero-order valence-electron chi connectivity index (χ0n) is 9.47. The number of rotatable bonds is 0. The fraction of sp³-hybridized carbons (Fsp3) is 0.133. The van der Waals surface area contributed by atoms with Crippen molar-refractivity contribution in [2.45, 2.75) is 12.8 Å². The van der Waals surface area contributed by atoms with E-state index in [-0.39, 0.29) is 0 Å². The first-order valence-corrected chi connectivity index (χ1v) is 6.71. The van der Waals surface area contributed by atoms with Gasteiger partial charge in [-0.05, 0) is 34.7 Å². The minimum absolute atomic E-state index is 1.23. The Labute approximate surface area is 105 Å². The SMILES string of the molecule is c1cc2c3c(cccc3c1)CC2.c1cscn1. The van der Waals surface area contributed by atoms with E-state index in [2.05, 4.69) is 41.4 Å². The van der Waals surface area contributed by atoms with E-state index in [1.54, 1.807) is 23.0 Å². The van der Waals surface area contributed by atoms with Crippen LogP contribution in [0.1, 0.15) is 11.1 Å². The van der Waals surface area contributed by atoms with Crippen LogP contribution in [-0.4, -0.2) is 4.98 Å². The topological polar surface area (TPSA) is 12.9 Å². The third-order valence-corrected chi connectivity index (χ3v) is 3.61. The summed E-state index contributed by atoms with van der Waals surface area (Å²) >= 11 is 1.60. The van der Waals surface area contributed by atoms with Crippen LogP contribution in [-0.2, 0) is 12.8 Å². The van der Waals surface area contributed by atoms with Gasteiger partial charge in [-0.25, -0.2) is 0 Å². The summed E-state index contributed by atoms with van der Waals surface area (Å²) in [6.07, 6.45) is 4.23. The van der Waals surface area contributed by atoms with Gasteiger partial charge >= 0.3 is 0 Å². The first kappa shape index (κ1) is 10.5. The second-order valence-electron chi connectivity index (χ2n) is 4.11. The van der Waals surface area contributed by atoms with Crippen molar-refractivity contribution >= 4 is 22.1 Å². The van der Waals surface area contributed by atoms with E-state index in [4.69, 9.17) is 0 Å². The minimum atomic E-state index is 1.23. The molecule has 1 aliphatic carbocycles. The highest BCUT2D eigenvalue weighted by atomic mass is 32.1. The molecule has 0 radical (unpaired) electrons. The molecule has 17 heavy (non-hydrogen) atoms. The van der Waals surface area contributed by atoms with E-state index in [9.17, 15) is 0 Å². The third-order valence-electron chi connectivity index (χ3n) is 3.09. The van der Waals surface area contributed by atoms with E-state index in [1.165, 1.54) is 34.7 Å². The molecule has 3 aromatic rings. The first-order valence-electron chi connectivity index (χ1n) is 5.77. The van der Waals surface area contributed by atoms with Gasteiger partial charge in [-0.2, -0.15) is 0 Å². The Morgan fingerprint density at radius 3 is 2.12 bits per heavy atom. The normalized spacial score (nSPS) is 12.2. The number of aryl methyl sites for hydroxylation is 2. The predicted molar refractivity (Wildman–Crippen MR) is 73.5 cm³/mol. The van der Waals surface area contributed by atoms with Gasteiger partial charge in [0, 0.05) is 11.6 Å². The van der Waals surface area contributed by atoms with Gasteiger partial charge in [0.1, 0.15) is 0 Å². The molecule has 0 aliphatic heterocycles. The number of aromatic nitrogens is 1. The maximum absolute atomic E-state index is 3.74. The molecule has 0 saturated heterocycles. The van der Waals surface area contributed by atoms with Gasteiger partial charge in [0.15, 0.2) is 0 Å². The molecule has 1 heterocycles. The van der Waals surface area contributed by atoms with Crippen molar-refractivity contribution in [3.05, 3.63) is 64.6 Å². The first-order chi connectivity index (χ1) is 8.45. The van der Waals surface area contributed by atoms with Crippen molar-refractivity contribution in [1.82, 2.24) is 4.98 Å². The lowest BCUT2D eigenvalue weighted by atomic mass is 10.1. The lowest BCUT2D eigenvalue weighted by molar-refractivity contribution is 1.02. The fourth-order valence-corrected chi connectivity index (χ4v) is 2.71. The van der Waals surface area contributed by atoms with Gasteiger partial charge in [0.05, 0.1) is 5.51 Å². The summed E-state index contributed by atoms with van der Waals surface area (Å²) in [6, 6.07) is 13.2. The van der Waals surface area contributed by atoms with Gasteiger partial charge < -0.3 is 0 Å². The zero-order valence-corrected chi connectivity index (χ0v) is 10.3. The molecular weight excluding hydrogens is 226 g/mol. The van der Waals surface area contributed by atoms with Crippen LogP contribution >= 0.6 is 11.3 Å². The number of thiazole rings is 1. The Bertz CT molecular complexity index is 558. The molecule has 1 aromatic heterocycles. The molecular formula is C15H13NS. The molecule has 0 atom stereocenters. The minimum Gasteiger partial charge on any atom is -0.253 e. The van der Waals surface area contributed by atoms with Crippen LogP contribution in [0.3, 0.4) is 0 Å². The highest BCUT2D eigenvalue weighted by Crippen LogP contribution is 2.29. The van der Waals surface area contributed by atoms with Crippen molar-refractivity contribution in [2.24, 2.45) is 0 Å². The number of hydrogen-bond acceptors (Lipinski definition) is 2. The third kappa shape index (κ3) is 2.08. The van der Waals surface area contributed by atoms with E-state index in [0.717, 1.165) is 0 Å². The van der Waals surface area contributed by atoms with Gasteiger partial charge in [-0.3, -0.25) is 4.98 Å². The molecule has 4 rings (SSSR count). The lowest BCUT2D eigenvalue weighted by Crippen LogP contribution is -1.76. The van der Waals surface area contributed by atoms with E-state index in [1.807, 2.05) is 5.38 Å². The summed E-state index contributed by atoms with van der Waals surface area (Å²) in [5.74, 6) is 0. The summed E-state index contributed by atoms with van der Waals surface area (Å²) in [5, 5.41) is 4.85. The molecule has 0 amide bonds. The fourth-order valence-electron chi connectivity index (χ4n) is 2.36. The van der Waals surface area contributed by atoms with E-state index in [0.29, 0.717) is 0 Å². The maximum atomic E-state index is 3.74. The number of benzene rings is 2. The Morgan fingerprint density at radius 1 is 0.941 bits per heavy atom. The Morgan fingerprint density at radius 2 is 1.65 bits per heavy atom. The van der Waals surface area contributed by atoms with Gasteiger partial charge in [-0.1, -0.05) is 36.4 Å². The second-order valence-corrected chi connectivity index (χ2v) is 4.86. The molecule has 84 valence electrons. The molecule has 0 spiro atoms. The molecule has 1 aliphatic rings. The maximum Gasteiger partial charge on any atom is 0.0791 e. The van der Waals surface area contributed by atoms with Crippen molar-refractivity contribution in [1.29, 1.82) is 0 Å².